The summed E-state index contributed by atoms with van der Waals surface area (Å²) in [6.45, 7) is 2.01. The molecule has 0 saturated heterocycles. The van der Waals surface area contributed by atoms with Gasteiger partial charge in [0.25, 0.3) is 0 Å². The number of likely N-dealkylation sites (N-methyl/N-ethyl adjacent to an activating group) is 1. The Morgan fingerprint density at radius 1 is 0.730 bits per heavy atom. The molecule has 186 valence electrons. The van der Waals surface area contributed by atoms with E-state index in [1.165, 1.54) is 11.1 Å². The predicted molar refractivity (Wildman–Crippen MR) is 149 cm³/mol. The zero-order valence-electron chi connectivity index (χ0n) is 21.4. The summed E-state index contributed by atoms with van der Waals surface area (Å²) in [6, 6.07) is 32.9. The highest BCUT2D eigenvalue weighted by molar-refractivity contribution is 6.09. The van der Waals surface area contributed by atoms with E-state index < -0.39 is 0 Å². The lowest BCUT2D eigenvalue weighted by Gasteiger charge is -2.19. The van der Waals surface area contributed by atoms with Gasteiger partial charge in [-0.15, -0.1) is 0 Å². The molecule has 0 atom stereocenters. The maximum absolute atomic E-state index is 6.20. The molecule has 0 bridgehead atoms. The van der Waals surface area contributed by atoms with Gasteiger partial charge in [-0.3, -0.25) is 0 Å². The Morgan fingerprint density at radius 3 is 2.03 bits per heavy atom. The molecule has 4 aromatic rings. The van der Waals surface area contributed by atoms with Gasteiger partial charge in [0, 0.05) is 12.5 Å². The average molecular weight is 491 g/mol. The van der Waals surface area contributed by atoms with Crippen LogP contribution in [0.1, 0.15) is 27.8 Å². The molecule has 0 N–H and O–H groups in total. The van der Waals surface area contributed by atoms with Crippen molar-refractivity contribution in [1.82, 2.24) is 0 Å². The quantitative estimate of drug-likeness (QED) is 0.249. The predicted octanol–water partition coefficient (Wildman–Crippen LogP) is 6.55. The molecular formula is C33H32NO3+. The van der Waals surface area contributed by atoms with Crippen molar-refractivity contribution < 1.29 is 18.8 Å². The van der Waals surface area contributed by atoms with Crippen molar-refractivity contribution in [3.8, 4) is 17.2 Å². The monoisotopic (exact) mass is 490 g/mol. The number of methoxy groups -OCH3 is 1. The van der Waals surface area contributed by atoms with E-state index in [0.717, 1.165) is 52.6 Å². The molecule has 0 aromatic heterocycles. The number of rotatable bonds is 9. The van der Waals surface area contributed by atoms with Crippen LogP contribution in [-0.2, 0) is 19.6 Å². The van der Waals surface area contributed by atoms with Crippen molar-refractivity contribution in [1.29, 1.82) is 0 Å². The molecule has 4 aromatic carbocycles. The van der Waals surface area contributed by atoms with Gasteiger partial charge in [-0.25, -0.2) is 4.58 Å². The Hall–Kier alpha value is -4.31. The van der Waals surface area contributed by atoms with E-state index in [-0.39, 0.29) is 0 Å². The standard InChI is InChI=1S/C33H32NO3/c1-34-20-19-28-21-32(35-2)33(37-24-27-11-7-4-8-12-27)22-30(28)31(34)18-15-25-13-16-29(17-14-25)36-23-26-9-5-3-6-10-26/h3-18,21-22H,19-20,23-24H2,1-2H3/q+1/b18-15+. The van der Waals surface area contributed by atoms with Crippen LogP contribution in [0.3, 0.4) is 0 Å². The third-order valence-corrected chi connectivity index (χ3v) is 6.59. The van der Waals surface area contributed by atoms with Crippen molar-refractivity contribution in [3.63, 3.8) is 0 Å². The lowest BCUT2D eigenvalue weighted by atomic mass is 9.95. The van der Waals surface area contributed by atoms with E-state index in [0.29, 0.717) is 13.2 Å². The minimum Gasteiger partial charge on any atom is -0.493 e. The van der Waals surface area contributed by atoms with Gasteiger partial charge in [-0.2, -0.15) is 0 Å². The van der Waals surface area contributed by atoms with Crippen molar-refractivity contribution in [2.45, 2.75) is 19.6 Å². The number of nitrogens with zero attached hydrogens (tertiary/aromatic N) is 1. The molecule has 1 aliphatic rings. The fourth-order valence-corrected chi connectivity index (χ4v) is 4.48. The molecule has 1 aliphatic heterocycles. The zero-order valence-corrected chi connectivity index (χ0v) is 21.4. The maximum Gasteiger partial charge on any atom is 0.207 e. The Kier molecular flexibility index (Phi) is 7.66. The first-order chi connectivity index (χ1) is 18.2. The second-order valence-electron chi connectivity index (χ2n) is 9.17. The van der Waals surface area contributed by atoms with Crippen LogP contribution in [0, 0.1) is 0 Å². The number of hydrogen-bond donors (Lipinski definition) is 0. The summed E-state index contributed by atoms with van der Waals surface area (Å²) < 4.78 is 20.1. The van der Waals surface area contributed by atoms with Gasteiger partial charge in [0.15, 0.2) is 11.5 Å². The molecule has 0 aliphatic carbocycles. The summed E-state index contributed by atoms with van der Waals surface area (Å²) in [4.78, 5) is 0. The Balaban J connectivity index is 1.32. The summed E-state index contributed by atoms with van der Waals surface area (Å²) >= 11 is 0. The average Bonchev–Trinajstić information content (AvgIpc) is 2.95. The summed E-state index contributed by atoms with van der Waals surface area (Å²) in [6.07, 6.45) is 5.30. The van der Waals surface area contributed by atoms with Gasteiger partial charge in [0.1, 0.15) is 32.6 Å². The number of ether oxygens (including phenoxy) is 3. The lowest BCUT2D eigenvalue weighted by molar-refractivity contribution is -0.497. The number of fused-ring (bicyclic) bond motifs is 1. The molecule has 1 heterocycles. The van der Waals surface area contributed by atoms with E-state index in [2.05, 4.69) is 72.3 Å². The van der Waals surface area contributed by atoms with E-state index in [4.69, 9.17) is 14.2 Å². The molecule has 0 unspecified atom stereocenters. The summed E-state index contributed by atoms with van der Waals surface area (Å²) in [5.41, 5.74) is 7.01. The van der Waals surface area contributed by atoms with Crippen molar-refractivity contribution in [3.05, 3.63) is 131 Å². The van der Waals surface area contributed by atoms with Crippen LogP contribution in [0.15, 0.2) is 103 Å². The van der Waals surface area contributed by atoms with Crippen LogP contribution in [0.2, 0.25) is 0 Å². The van der Waals surface area contributed by atoms with Crippen LogP contribution >= 0.6 is 0 Å². The third kappa shape index (κ3) is 6.10. The number of benzene rings is 4. The molecule has 4 heteroatoms. The van der Waals surface area contributed by atoms with Crippen LogP contribution in [0.5, 0.6) is 17.2 Å². The second-order valence-corrected chi connectivity index (χ2v) is 9.17. The van der Waals surface area contributed by atoms with Crippen LogP contribution in [0.4, 0.5) is 0 Å². The topological polar surface area (TPSA) is 30.7 Å². The van der Waals surface area contributed by atoms with E-state index in [1.807, 2.05) is 48.5 Å². The lowest BCUT2D eigenvalue weighted by Crippen LogP contribution is -2.26. The molecule has 37 heavy (non-hydrogen) atoms. The molecular weight excluding hydrogens is 458 g/mol. The zero-order chi connectivity index (χ0) is 25.5. The van der Waals surface area contributed by atoms with E-state index >= 15 is 0 Å². The smallest absolute Gasteiger partial charge is 0.207 e. The minimum absolute atomic E-state index is 0.496. The van der Waals surface area contributed by atoms with Gasteiger partial charge in [-0.05, 0) is 52.6 Å². The third-order valence-electron chi connectivity index (χ3n) is 6.59. The molecule has 4 nitrogen and oxygen atoms in total. The first kappa shape index (κ1) is 24.4. The highest BCUT2D eigenvalue weighted by atomic mass is 16.5. The molecule has 0 fully saturated rings. The highest BCUT2D eigenvalue weighted by Crippen LogP contribution is 2.33. The maximum atomic E-state index is 6.20. The largest absolute Gasteiger partial charge is 0.493 e. The number of allylic oxidation sites excluding steroid dienone is 1. The summed E-state index contributed by atoms with van der Waals surface area (Å²) in [5, 5.41) is 0. The fourth-order valence-electron chi connectivity index (χ4n) is 4.48. The van der Waals surface area contributed by atoms with Gasteiger partial charge in [0.05, 0.1) is 12.7 Å². The molecule has 5 rings (SSSR count). The Morgan fingerprint density at radius 2 is 1.38 bits per heavy atom. The Labute approximate surface area is 219 Å². The Bertz CT molecular complexity index is 1390. The van der Waals surface area contributed by atoms with Gasteiger partial charge >= 0.3 is 0 Å². The van der Waals surface area contributed by atoms with E-state index in [1.54, 1.807) is 7.11 Å². The van der Waals surface area contributed by atoms with Crippen LogP contribution in [0.25, 0.3) is 6.08 Å². The summed E-state index contributed by atoms with van der Waals surface area (Å²) in [7, 11) is 3.83. The SMILES string of the molecule is COc1cc2c(cc1OCc1ccccc1)C(/C=C/c1ccc(OCc3ccccc3)cc1)=[N+](C)CC2. The van der Waals surface area contributed by atoms with Gasteiger partial charge in [0.2, 0.25) is 5.71 Å². The van der Waals surface area contributed by atoms with Gasteiger partial charge < -0.3 is 14.2 Å². The normalized spacial score (nSPS) is 12.9. The second kappa shape index (κ2) is 11.6. The molecule has 0 spiro atoms. The first-order valence-electron chi connectivity index (χ1n) is 12.6. The first-order valence-corrected chi connectivity index (χ1v) is 12.6. The van der Waals surface area contributed by atoms with Crippen molar-refractivity contribution in [2.24, 2.45) is 0 Å². The van der Waals surface area contributed by atoms with E-state index in [9.17, 15) is 0 Å². The molecule has 0 saturated carbocycles. The highest BCUT2D eigenvalue weighted by Gasteiger charge is 2.24. The summed E-state index contributed by atoms with van der Waals surface area (Å²) in [5.74, 6) is 2.39. The minimum atomic E-state index is 0.496. The molecule has 0 amide bonds. The molecule has 0 radical (unpaired) electrons. The van der Waals surface area contributed by atoms with Crippen molar-refractivity contribution in [2.75, 3.05) is 20.7 Å². The van der Waals surface area contributed by atoms with Crippen LogP contribution < -0.4 is 14.2 Å². The van der Waals surface area contributed by atoms with Crippen LogP contribution in [-0.4, -0.2) is 31.0 Å². The van der Waals surface area contributed by atoms with Crippen molar-refractivity contribution >= 4 is 11.8 Å². The van der Waals surface area contributed by atoms with Gasteiger partial charge in [-0.1, -0.05) is 72.8 Å². The number of hydrogen-bond acceptors (Lipinski definition) is 3. The fraction of sp³-hybridized carbons (Fsp3) is 0.182.